The zero-order valence-corrected chi connectivity index (χ0v) is 8.21. The fraction of sp³-hybridized carbons (Fsp3) is 0. The zero-order valence-electron chi connectivity index (χ0n) is 8.21. The van der Waals surface area contributed by atoms with E-state index in [4.69, 9.17) is 0 Å². The van der Waals surface area contributed by atoms with Crippen LogP contribution in [0, 0.1) is 0 Å². The van der Waals surface area contributed by atoms with Crippen LogP contribution >= 0.6 is 0 Å². The standard InChI is InChI=1S/C7H5NO.C6H6/c9-6-8-7-4-2-1-3-5-7;1-2-4-6-5-3-1/h1-5H;1-6H. The first kappa shape index (κ1) is 10.9. The lowest BCUT2D eigenvalue weighted by molar-refractivity contribution is 0.565. The van der Waals surface area contributed by atoms with Crippen molar-refractivity contribution in [3.8, 4) is 0 Å². The Labute approximate surface area is 88.9 Å². The molecule has 0 amide bonds. The molecule has 2 nitrogen and oxygen atoms in total. The third-order valence-corrected chi connectivity index (χ3v) is 1.60. The Morgan fingerprint density at radius 3 is 1.53 bits per heavy atom. The second kappa shape index (κ2) is 7.25. The van der Waals surface area contributed by atoms with Crippen LogP contribution in [0.25, 0.3) is 0 Å². The van der Waals surface area contributed by atoms with E-state index in [-0.39, 0.29) is 0 Å². The Bertz CT molecular complexity index is 378. The molecule has 0 radical (unpaired) electrons. The van der Waals surface area contributed by atoms with Crippen molar-refractivity contribution in [3.63, 3.8) is 0 Å². The van der Waals surface area contributed by atoms with Crippen molar-refractivity contribution in [1.29, 1.82) is 0 Å². The molecule has 0 aliphatic carbocycles. The second-order valence-electron chi connectivity index (χ2n) is 2.69. The van der Waals surface area contributed by atoms with Crippen LogP contribution in [0.2, 0.25) is 0 Å². The highest BCUT2D eigenvalue weighted by molar-refractivity contribution is 5.47. The molecule has 0 N–H and O–H groups in total. The predicted octanol–water partition coefficient (Wildman–Crippen LogP) is 3.34. The number of carbonyl (C=O) groups excluding carboxylic acids is 1. The molecule has 0 saturated carbocycles. The van der Waals surface area contributed by atoms with E-state index >= 15 is 0 Å². The summed E-state index contributed by atoms with van der Waals surface area (Å²) in [7, 11) is 0. The number of para-hydroxylation sites is 1. The Balaban J connectivity index is 0.000000162. The van der Waals surface area contributed by atoms with E-state index in [9.17, 15) is 4.79 Å². The molecule has 0 unspecified atom stereocenters. The quantitative estimate of drug-likeness (QED) is 0.509. The summed E-state index contributed by atoms with van der Waals surface area (Å²) in [5, 5.41) is 0. The van der Waals surface area contributed by atoms with E-state index in [0.717, 1.165) is 0 Å². The van der Waals surface area contributed by atoms with E-state index < -0.39 is 0 Å². The Morgan fingerprint density at radius 1 is 0.733 bits per heavy atom. The highest BCUT2D eigenvalue weighted by Gasteiger charge is 1.79. The molecular weight excluding hydrogens is 186 g/mol. The van der Waals surface area contributed by atoms with E-state index in [1.807, 2.05) is 54.6 Å². The van der Waals surface area contributed by atoms with Gasteiger partial charge in [-0.2, -0.15) is 4.99 Å². The molecule has 74 valence electrons. The fourth-order valence-electron chi connectivity index (χ4n) is 0.940. The van der Waals surface area contributed by atoms with Crippen molar-refractivity contribution in [2.24, 2.45) is 4.99 Å². The first-order valence-corrected chi connectivity index (χ1v) is 4.56. The van der Waals surface area contributed by atoms with Crippen LogP contribution in [0.15, 0.2) is 71.7 Å². The second-order valence-corrected chi connectivity index (χ2v) is 2.69. The van der Waals surface area contributed by atoms with Crippen LogP contribution in [0.5, 0.6) is 0 Å². The predicted molar refractivity (Wildman–Crippen MR) is 60.7 cm³/mol. The molecule has 2 aromatic carbocycles. The van der Waals surface area contributed by atoms with Crippen molar-refractivity contribution >= 4 is 11.8 Å². The summed E-state index contributed by atoms with van der Waals surface area (Å²) in [5.74, 6) is 0. The van der Waals surface area contributed by atoms with Gasteiger partial charge in [0.15, 0.2) is 0 Å². The van der Waals surface area contributed by atoms with Gasteiger partial charge in [-0.1, -0.05) is 54.6 Å². The SMILES string of the molecule is O=C=Nc1ccccc1.c1ccccc1. The molecule has 0 fully saturated rings. The molecule has 0 heterocycles. The summed E-state index contributed by atoms with van der Waals surface area (Å²) >= 11 is 0. The van der Waals surface area contributed by atoms with Crippen LogP contribution in [0.4, 0.5) is 5.69 Å². The average Bonchev–Trinajstić information content (AvgIpc) is 2.34. The number of rotatable bonds is 1. The maximum atomic E-state index is 9.68. The number of hydrogen-bond acceptors (Lipinski definition) is 2. The van der Waals surface area contributed by atoms with E-state index in [2.05, 4.69) is 4.99 Å². The van der Waals surface area contributed by atoms with Crippen LogP contribution in [-0.2, 0) is 4.79 Å². The van der Waals surface area contributed by atoms with Crippen LogP contribution in [0.3, 0.4) is 0 Å². The van der Waals surface area contributed by atoms with Crippen molar-refractivity contribution in [2.75, 3.05) is 0 Å². The van der Waals surface area contributed by atoms with Crippen molar-refractivity contribution in [2.45, 2.75) is 0 Å². The van der Waals surface area contributed by atoms with Gasteiger partial charge in [-0.05, 0) is 12.1 Å². The van der Waals surface area contributed by atoms with Gasteiger partial charge >= 0.3 is 0 Å². The van der Waals surface area contributed by atoms with Gasteiger partial charge in [0.25, 0.3) is 0 Å². The first-order chi connectivity index (χ1) is 7.43. The number of hydrogen-bond donors (Lipinski definition) is 0. The molecule has 0 aliphatic heterocycles. The molecule has 2 rings (SSSR count). The lowest BCUT2D eigenvalue weighted by atomic mass is 10.3. The molecule has 2 aromatic rings. The average molecular weight is 197 g/mol. The zero-order chi connectivity index (χ0) is 10.8. The van der Waals surface area contributed by atoms with Crippen LogP contribution in [0.1, 0.15) is 0 Å². The van der Waals surface area contributed by atoms with Gasteiger partial charge in [0.2, 0.25) is 6.08 Å². The number of nitrogens with zero attached hydrogens (tertiary/aromatic N) is 1. The molecule has 0 aliphatic rings. The molecule has 0 atom stereocenters. The Hall–Kier alpha value is -2.18. The van der Waals surface area contributed by atoms with Gasteiger partial charge in [0.05, 0.1) is 5.69 Å². The maximum Gasteiger partial charge on any atom is 0.240 e. The molecule has 0 spiro atoms. The molecule has 0 bridgehead atoms. The minimum absolute atomic E-state index is 0.646. The van der Waals surface area contributed by atoms with Crippen molar-refractivity contribution < 1.29 is 4.79 Å². The Morgan fingerprint density at radius 2 is 1.13 bits per heavy atom. The van der Waals surface area contributed by atoms with Crippen molar-refractivity contribution in [3.05, 3.63) is 66.7 Å². The molecule has 0 saturated heterocycles. The summed E-state index contributed by atoms with van der Waals surface area (Å²) in [4.78, 5) is 13.1. The lowest BCUT2D eigenvalue weighted by Gasteiger charge is -1.83. The molecule has 15 heavy (non-hydrogen) atoms. The third kappa shape index (κ3) is 5.19. The van der Waals surface area contributed by atoms with Gasteiger partial charge < -0.3 is 0 Å². The molecule has 0 aromatic heterocycles. The maximum absolute atomic E-state index is 9.68. The van der Waals surface area contributed by atoms with Gasteiger partial charge in [0, 0.05) is 0 Å². The van der Waals surface area contributed by atoms with Gasteiger partial charge in [0.1, 0.15) is 0 Å². The number of benzene rings is 2. The number of isocyanates is 1. The summed E-state index contributed by atoms with van der Waals surface area (Å²) in [6, 6.07) is 21.0. The van der Waals surface area contributed by atoms with Crippen LogP contribution < -0.4 is 0 Å². The summed E-state index contributed by atoms with van der Waals surface area (Å²) in [6.07, 6.45) is 1.46. The summed E-state index contributed by atoms with van der Waals surface area (Å²) in [5.41, 5.74) is 0.646. The van der Waals surface area contributed by atoms with Gasteiger partial charge in [-0.25, -0.2) is 4.79 Å². The topological polar surface area (TPSA) is 29.4 Å². The highest BCUT2D eigenvalue weighted by Crippen LogP contribution is 2.06. The normalized spacial score (nSPS) is 8.00. The van der Waals surface area contributed by atoms with E-state index in [0.29, 0.717) is 5.69 Å². The van der Waals surface area contributed by atoms with Gasteiger partial charge in [-0.15, -0.1) is 0 Å². The lowest BCUT2D eigenvalue weighted by Crippen LogP contribution is -1.59. The number of aliphatic imine (C=N–C) groups is 1. The smallest absolute Gasteiger partial charge is 0.211 e. The monoisotopic (exact) mass is 197 g/mol. The largest absolute Gasteiger partial charge is 0.240 e. The fourth-order valence-corrected chi connectivity index (χ4v) is 0.940. The van der Waals surface area contributed by atoms with Gasteiger partial charge in [-0.3, -0.25) is 0 Å². The summed E-state index contributed by atoms with van der Waals surface area (Å²) < 4.78 is 0. The van der Waals surface area contributed by atoms with Crippen molar-refractivity contribution in [1.82, 2.24) is 0 Å². The summed E-state index contributed by atoms with van der Waals surface area (Å²) in [6.45, 7) is 0. The first-order valence-electron chi connectivity index (χ1n) is 4.56. The Kier molecular flexibility index (Phi) is 5.26. The highest BCUT2D eigenvalue weighted by atomic mass is 16.1. The van der Waals surface area contributed by atoms with Crippen LogP contribution in [-0.4, -0.2) is 6.08 Å². The third-order valence-electron chi connectivity index (χ3n) is 1.60. The van der Waals surface area contributed by atoms with E-state index in [1.54, 1.807) is 12.1 Å². The molecule has 2 heteroatoms. The van der Waals surface area contributed by atoms with E-state index in [1.165, 1.54) is 6.08 Å². The molecular formula is C13H11NO. The minimum Gasteiger partial charge on any atom is -0.211 e. The minimum atomic E-state index is 0.646.